The van der Waals surface area contributed by atoms with Gasteiger partial charge in [0.15, 0.2) is 15.8 Å². The van der Waals surface area contributed by atoms with Gasteiger partial charge in [0.05, 0.1) is 24.6 Å². The third kappa shape index (κ3) is 5.61. The van der Waals surface area contributed by atoms with Gasteiger partial charge in [0.25, 0.3) is 0 Å². The maximum atomic E-state index is 11.6. The van der Waals surface area contributed by atoms with Crippen molar-refractivity contribution in [2.75, 3.05) is 32.5 Å². The van der Waals surface area contributed by atoms with Gasteiger partial charge in [0.1, 0.15) is 6.10 Å². The second-order valence-electron chi connectivity index (χ2n) is 7.75. The smallest absolute Gasteiger partial charge is 0.194 e. The largest absolute Gasteiger partial charge is 0.370 e. The molecule has 2 aromatic carbocycles. The molecule has 1 N–H and O–H groups in total. The highest BCUT2D eigenvalue weighted by Gasteiger charge is 2.25. The van der Waals surface area contributed by atoms with Crippen LogP contribution in [0.4, 0.5) is 0 Å². The highest BCUT2D eigenvalue weighted by Crippen LogP contribution is 2.26. The van der Waals surface area contributed by atoms with Gasteiger partial charge in [-0.1, -0.05) is 35.9 Å². The van der Waals surface area contributed by atoms with Gasteiger partial charge in [0, 0.05) is 19.3 Å². The first kappa shape index (κ1) is 22.3. The zero-order chi connectivity index (χ0) is 21.7. The van der Waals surface area contributed by atoms with E-state index in [-0.39, 0.29) is 6.10 Å². The Balaban J connectivity index is 1.74. The number of morpholine rings is 1. The molecule has 1 heterocycles. The van der Waals surface area contributed by atoms with Gasteiger partial charge in [-0.3, -0.25) is 0 Å². The second kappa shape index (κ2) is 9.62. The average Bonchev–Trinajstić information content (AvgIpc) is 2.71. The van der Waals surface area contributed by atoms with E-state index in [1.54, 1.807) is 12.1 Å². The van der Waals surface area contributed by atoms with Crippen LogP contribution in [0.25, 0.3) is 0 Å². The Bertz CT molecular complexity index is 1000. The molecule has 1 atom stereocenters. The van der Waals surface area contributed by atoms with E-state index in [1.165, 1.54) is 22.9 Å². The number of ether oxygens (including phenoxy) is 1. The van der Waals surface area contributed by atoms with Crippen molar-refractivity contribution >= 4 is 15.8 Å². The molecule has 6 nitrogen and oxygen atoms in total. The fourth-order valence-electron chi connectivity index (χ4n) is 3.65. The number of guanidine groups is 1. The van der Waals surface area contributed by atoms with Crippen LogP contribution in [0, 0.1) is 13.8 Å². The molecule has 2 aromatic rings. The number of benzene rings is 2. The zero-order valence-electron chi connectivity index (χ0n) is 18.2. The lowest BCUT2D eigenvalue weighted by molar-refractivity contribution is -0.00834. The van der Waals surface area contributed by atoms with Crippen molar-refractivity contribution in [3.63, 3.8) is 0 Å². The zero-order valence-corrected chi connectivity index (χ0v) is 19.0. The highest BCUT2D eigenvalue weighted by molar-refractivity contribution is 7.90. The topological polar surface area (TPSA) is 71.0 Å². The van der Waals surface area contributed by atoms with Crippen LogP contribution >= 0.6 is 0 Å². The molecule has 30 heavy (non-hydrogen) atoms. The van der Waals surface area contributed by atoms with Crippen LogP contribution in [-0.4, -0.2) is 51.8 Å². The summed E-state index contributed by atoms with van der Waals surface area (Å²) in [5, 5.41) is 3.38. The third-order valence-electron chi connectivity index (χ3n) is 5.24. The SMILES string of the molecule is CCNC(=NCc1ccc(S(C)(=O)=O)cc1)N1CCOC(c2ccc(C)cc2C)C1. The lowest BCUT2D eigenvalue weighted by Crippen LogP contribution is -2.48. The van der Waals surface area contributed by atoms with Crippen LogP contribution in [0.15, 0.2) is 52.4 Å². The summed E-state index contributed by atoms with van der Waals surface area (Å²) >= 11 is 0. The second-order valence-corrected chi connectivity index (χ2v) is 9.77. The number of hydrogen-bond donors (Lipinski definition) is 1. The van der Waals surface area contributed by atoms with E-state index in [1.807, 2.05) is 12.1 Å². The van der Waals surface area contributed by atoms with Gasteiger partial charge < -0.3 is 15.0 Å². The van der Waals surface area contributed by atoms with Crippen molar-refractivity contribution in [2.45, 2.75) is 38.3 Å². The minimum absolute atomic E-state index is 0.0113. The van der Waals surface area contributed by atoms with Gasteiger partial charge in [-0.05, 0) is 49.6 Å². The van der Waals surface area contributed by atoms with Crippen molar-refractivity contribution in [1.29, 1.82) is 0 Å². The molecule has 0 saturated carbocycles. The summed E-state index contributed by atoms with van der Waals surface area (Å²) in [5.41, 5.74) is 4.69. The minimum Gasteiger partial charge on any atom is -0.370 e. The lowest BCUT2D eigenvalue weighted by Gasteiger charge is -2.36. The Labute approximate surface area is 179 Å². The number of hydrogen-bond acceptors (Lipinski definition) is 4. The molecular formula is C23H31N3O3S. The van der Waals surface area contributed by atoms with E-state index in [0.717, 1.165) is 31.2 Å². The van der Waals surface area contributed by atoms with Crippen molar-refractivity contribution < 1.29 is 13.2 Å². The van der Waals surface area contributed by atoms with Crippen molar-refractivity contribution in [3.8, 4) is 0 Å². The summed E-state index contributed by atoms with van der Waals surface area (Å²) in [5.74, 6) is 0.850. The number of nitrogens with one attached hydrogen (secondary N) is 1. The Hall–Kier alpha value is -2.38. The summed E-state index contributed by atoms with van der Waals surface area (Å²) in [6, 6.07) is 13.4. The summed E-state index contributed by atoms with van der Waals surface area (Å²) in [7, 11) is -3.19. The monoisotopic (exact) mass is 429 g/mol. The number of aliphatic imine (C=N–C) groups is 1. The van der Waals surface area contributed by atoms with Crippen molar-refractivity contribution in [3.05, 3.63) is 64.7 Å². The molecule has 0 amide bonds. The van der Waals surface area contributed by atoms with Gasteiger partial charge >= 0.3 is 0 Å². The molecule has 1 fully saturated rings. The molecule has 0 aromatic heterocycles. The predicted molar refractivity (Wildman–Crippen MR) is 121 cm³/mol. The summed E-state index contributed by atoms with van der Waals surface area (Å²) in [4.78, 5) is 7.35. The van der Waals surface area contributed by atoms with Crippen LogP contribution in [0.3, 0.4) is 0 Å². The molecule has 1 aliphatic rings. The lowest BCUT2D eigenvalue weighted by atomic mass is 10.00. The van der Waals surface area contributed by atoms with Crippen LogP contribution in [0.2, 0.25) is 0 Å². The number of rotatable bonds is 5. The molecule has 3 rings (SSSR count). The maximum absolute atomic E-state index is 11.6. The molecule has 0 bridgehead atoms. The van der Waals surface area contributed by atoms with E-state index in [4.69, 9.17) is 9.73 Å². The molecule has 0 radical (unpaired) electrons. The molecule has 0 aliphatic carbocycles. The first-order valence-electron chi connectivity index (χ1n) is 10.3. The van der Waals surface area contributed by atoms with E-state index in [2.05, 4.69) is 49.2 Å². The van der Waals surface area contributed by atoms with Crippen LogP contribution < -0.4 is 5.32 Å². The van der Waals surface area contributed by atoms with Gasteiger partial charge in [-0.25, -0.2) is 13.4 Å². The van der Waals surface area contributed by atoms with E-state index >= 15 is 0 Å². The predicted octanol–water partition coefficient (Wildman–Crippen LogP) is 3.25. The maximum Gasteiger partial charge on any atom is 0.194 e. The average molecular weight is 430 g/mol. The molecule has 1 saturated heterocycles. The minimum atomic E-state index is -3.19. The first-order valence-corrected chi connectivity index (χ1v) is 12.2. The van der Waals surface area contributed by atoms with Gasteiger partial charge in [-0.2, -0.15) is 0 Å². The quantitative estimate of drug-likeness (QED) is 0.584. The number of aryl methyl sites for hydroxylation is 2. The summed E-state index contributed by atoms with van der Waals surface area (Å²) in [6.45, 7) is 9.70. The Morgan fingerprint density at radius 2 is 1.93 bits per heavy atom. The number of nitrogens with zero attached hydrogens (tertiary/aromatic N) is 2. The first-order chi connectivity index (χ1) is 14.3. The van der Waals surface area contributed by atoms with Gasteiger partial charge in [-0.15, -0.1) is 0 Å². The fraction of sp³-hybridized carbons (Fsp3) is 0.435. The van der Waals surface area contributed by atoms with Crippen molar-refractivity contribution in [2.24, 2.45) is 4.99 Å². The van der Waals surface area contributed by atoms with Gasteiger partial charge in [0.2, 0.25) is 0 Å². The normalized spacial score (nSPS) is 17.8. The fourth-order valence-corrected chi connectivity index (χ4v) is 4.28. The standard InChI is InChI=1S/C23H31N3O3S/c1-5-24-23(25-15-19-7-9-20(10-8-19)30(4,27)28)26-12-13-29-22(16-26)21-11-6-17(2)14-18(21)3/h6-11,14,22H,5,12-13,15-16H2,1-4H3,(H,24,25). The van der Waals surface area contributed by atoms with Crippen LogP contribution in [0.5, 0.6) is 0 Å². The molecule has 1 unspecified atom stereocenters. The molecule has 7 heteroatoms. The van der Waals surface area contributed by atoms with Crippen LogP contribution in [0.1, 0.15) is 35.3 Å². The highest BCUT2D eigenvalue weighted by atomic mass is 32.2. The van der Waals surface area contributed by atoms with E-state index in [0.29, 0.717) is 18.0 Å². The number of sulfone groups is 1. The van der Waals surface area contributed by atoms with E-state index < -0.39 is 9.84 Å². The Kier molecular flexibility index (Phi) is 7.15. The Morgan fingerprint density at radius 1 is 1.20 bits per heavy atom. The molecule has 162 valence electrons. The Morgan fingerprint density at radius 3 is 2.57 bits per heavy atom. The van der Waals surface area contributed by atoms with E-state index in [9.17, 15) is 8.42 Å². The van der Waals surface area contributed by atoms with Crippen LogP contribution in [-0.2, 0) is 21.1 Å². The summed E-state index contributed by atoms with van der Waals surface area (Å²) < 4.78 is 29.3. The molecule has 0 spiro atoms. The summed E-state index contributed by atoms with van der Waals surface area (Å²) in [6.07, 6.45) is 1.23. The third-order valence-corrected chi connectivity index (χ3v) is 6.36. The molecular weight excluding hydrogens is 398 g/mol. The molecule has 1 aliphatic heterocycles. The van der Waals surface area contributed by atoms with Crippen molar-refractivity contribution in [1.82, 2.24) is 10.2 Å².